The Kier molecular flexibility index (Phi) is 16.3. The summed E-state index contributed by atoms with van der Waals surface area (Å²) >= 11 is 0. The molecule has 7 rings (SSSR count). The van der Waals surface area contributed by atoms with Crippen molar-refractivity contribution in [2.75, 3.05) is 23.3 Å². The summed E-state index contributed by atoms with van der Waals surface area (Å²) in [5.41, 5.74) is 11.2. The third-order valence-corrected chi connectivity index (χ3v) is 12.3. The summed E-state index contributed by atoms with van der Waals surface area (Å²) in [4.78, 5) is 44.0. The number of allylic oxidation sites excluding steroid dienone is 5. The molecule has 0 unspecified atom stereocenters. The van der Waals surface area contributed by atoms with Gasteiger partial charge in [0.1, 0.15) is 5.76 Å². The average molecular weight is 910 g/mol. The molecule has 5 aromatic rings. The first-order chi connectivity index (χ1) is 32.9. The minimum atomic E-state index is -0.420. The molecule has 2 aliphatic rings. The van der Waals surface area contributed by atoms with Crippen LogP contribution in [-0.4, -0.2) is 41.8 Å². The van der Waals surface area contributed by atoms with Crippen LogP contribution >= 0.6 is 0 Å². The second-order valence-electron chi connectivity index (χ2n) is 17.8. The molecule has 0 saturated carbocycles. The van der Waals surface area contributed by atoms with Gasteiger partial charge >= 0.3 is 12.1 Å². The maximum absolute atomic E-state index is 14.7. The van der Waals surface area contributed by atoms with Crippen molar-refractivity contribution < 1.29 is 19.5 Å². The van der Waals surface area contributed by atoms with Crippen LogP contribution in [0, 0.1) is 27.7 Å². The van der Waals surface area contributed by atoms with E-state index in [0.29, 0.717) is 35.6 Å². The van der Waals surface area contributed by atoms with E-state index in [0.717, 1.165) is 108 Å². The van der Waals surface area contributed by atoms with Crippen molar-refractivity contribution in [1.82, 2.24) is 20.5 Å². The van der Waals surface area contributed by atoms with Crippen LogP contribution in [0.5, 0.6) is 0 Å². The highest BCUT2D eigenvalue weighted by Gasteiger charge is 2.40. The Bertz CT molecular complexity index is 2690. The monoisotopic (exact) mass is 910 g/mol. The van der Waals surface area contributed by atoms with Gasteiger partial charge in [-0.1, -0.05) is 123 Å². The van der Waals surface area contributed by atoms with Gasteiger partial charge in [0.15, 0.2) is 0 Å². The summed E-state index contributed by atoms with van der Waals surface area (Å²) in [5, 5.41) is 24.2. The highest BCUT2D eigenvalue weighted by Crippen LogP contribution is 2.45. The van der Waals surface area contributed by atoms with Crippen LogP contribution in [0.15, 0.2) is 156 Å². The molecule has 0 bridgehead atoms. The van der Waals surface area contributed by atoms with Gasteiger partial charge in [0, 0.05) is 77.7 Å². The molecule has 2 aliphatic carbocycles. The molecule has 0 heterocycles. The minimum Gasteiger partial charge on any atom is -0.506 e. The summed E-state index contributed by atoms with van der Waals surface area (Å²) in [7, 11) is 0. The molecule has 4 amide bonds. The second-order valence-corrected chi connectivity index (χ2v) is 17.8. The van der Waals surface area contributed by atoms with E-state index in [2.05, 4.69) is 142 Å². The summed E-state index contributed by atoms with van der Waals surface area (Å²) in [6.45, 7) is 13.5. The number of aryl methyl sites for hydroxylation is 4. The Labute approximate surface area is 401 Å². The van der Waals surface area contributed by atoms with E-state index in [1.54, 1.807) is 12.1 Å². The van der Waals surface area contributed by atoms with Gasteiger partial charge in [0.2, 0.25) is 22.9 Å². The fraction of sp³-hybridized carbons (Fsp3) is 0.276. The van der Waals surface area contributed by atoms with E-state index in [9.17, 15) is 19.5 Å². The molecule has 0 aliphatic heterocycles. The average Bonchev–Trinajstić information content (AvgIpc) is 3.33. The van der Waals surface area contributed by atoms with Crippen LogP contribution < -0.4 is 30.7 Å². The van der Waals surface area contributed by atoms with Crippen LogP contribution in [0.25, 0.3) is 5.57 Å². The molecule has 10 heteroatoms. The summed E-state index contributed by atoms with van der Waals surface area (Å²) < 4.78 is 2.09. The molecular formula is C58H65N6O4+. The van der Waals surface area contributed by atoms with E-state index >= 15 is 0 Å². The zero-order valence-corrected chi connectivity index (χ0v) is 40.3. The Morgan fingerprint density at radius 1 is 0.559 bits per heavy atom. The smallest absolute Gasteiger partial charge is 0.319 e. The molecule has 350 valence electrons. The van der Waals surface area contributed by atoms with Gasteiger partial charge in [0.05, 0.1) is 22.5 Å². The second kappa shape index (κ2) is 22.8. The quantitative estimate of drug-likeness (QED) is 0.0340. The van der Waals surface area contributed by atoms with Gasteiger partial charge in [-0.2, -0.15) is 4.58 Å². The van der Waals surface area contributed by atoms with Crippen molar-refractivity contribution >= 4 is 63.3 Å². The van der Waals surface area contributed by atoms with E-state index in [4.69, 9.17) is 0 Å². The number of urea groups is 2. The highest BCUT2D eigenvalue weighted by molar-refractivity contribution is 6.40. The molecule has 5 aromatic carbocycles. The van der Waals surface area contributed by atoms with Gasteiger partial charge in [-0.25, -0.2) is 9.59 Å². The number of Topliss-reactive ketones (excluding diaryl/α,β-unsaturated/α-hetero) is 1. The van der Waals surface area contributed by atoms with Crippen LogP contribution in [0.4, 0.5) is 43.7 Å². The first-order valence-corrected chi connectivity index (χ1v) is 24.1. The standard InChI is InChI=1S/C58H64N6O4/c1-7-9-11-13-35-59-57(67)61-51-37-47(63(43-23-15-39(3)16-24-43)44-25-17-40(4)18-26-44)31-33-49(51)53-55(65)54(56(53)66)50-34-32-48(38-52(50)62-58(68)60-36-14-12-10-8-2)64(45-27-19-41(5)20-28-45)46-29-21-42(6)22-30-46/h15-34,37-38H,7-14,35-36H2,1-6H3,(H4,59,60,61,62,65,66,67,68)/p+1. The molecule has 68 heavy (non-hydrogen) atoms. The van der Waals surface area contributed by atoms with Crippen molar-refractivity contribution in [2.24, 2.45) is 0 Å². The normalized spacial score (nSPS) is 14.3. The molecule has 0 spiro atoms. The Morgan fingerprint density at radius 3 is 1.51 bits per heavy atom. The van der Waals surface area contributed by atoms with E-state index in [-0.39, 0.29) is 16.9 Å². The number of nitrogens with one attached hydrogen (secondary N) is 4. The van der Waals surface area contributed by atoms with Gasteiger partial charge in [-0.15, -0.1) is 0 Å². The van der Waals surface area contributed by atoms with Crippen molar-refractivity contribution in [3.05, 3.63) is 184 Å². The largest absolute Gasteiger partial charge is 0.506 e. The van der Waals surface area contributed by atoms with Gasteiger partial charge in [0.25, 0.3) is 0 Å². The maximum Gasteiger partial charge on any atom is 0.319 e. The zero-order valence-electron chi connectivity index (χ0n) is 40.3. The lowest BCUT2D eigenvalue weighted by atomic mass is 9.78. The van der Waals surface area contributed by atoms with Crippen LogP contribution in [0.1, 0.15) is 93.0 Å². The molecule has 0 aromatic heterocycles. The molecule has 0 radical (unpaired) electrons. The van der Waals surface area contributed by atoms with Crippen LogP contribution in [-0.2, 0) is 4.79 Å². The number of hydrogen-bond acceptors (Lipinski definition) is 5. The summed E-state index contributed by atoms with van der Waals surface area (Å²) in [5.74, 6) is -0.652. The van der Waals surface area contributed by atoms with Crippen LogP contribution in [0.2, 0.25) is 0 Å². The van der Waals surface area contributed by atoms with E-state index < -0.39 is 17.8 Å². The number of hydrogen-bond donors (Lipinski definition) is 5. The molecule has 0 fully saturated rings. The lowest BCUT2D eigenvalue weighted by molar-refractivity contribution is -0.111. The third kappa shape index (κ3) is 11.7. The predicted molar refractivity (Wildman–Crippen MR) is 280 cm³/mol. The van der Waals surface area contributed by atoms with Crippen molar-refractivity contribution in [1.29, 1.82) is 0 Å². The number of amides is 4. The van der Waals surface area contributed by atoms with Gasteiger partial charge in [-0.3, -0.25) is 4.79 Å². The number of nitrogens with zero attached hydrogens (tertiary/aromatic N) is 2. The number of unbranched alkanes of at least 4 members (excludes halogenated alkanes) is 6. The van der Waals surface area contributed by atoms with Crippen LogP contribution in [0.3, 0.4) is 0 Å². The SMILES string of the molecule is CCCCCCNC(=O)NC1=CC(=[N+](c2ccc(C)cc2)c2ccc(C)cc2)C=C/C1=C1\C(=O)C(c2ccc(N(c3ccc(C)cc3)c3ccc(C)cc3)cc2NC(=O)NCCCCCC)=C1O. The van der Waals surface area contributed by atoms with Crippen molar-refractivity contribution in [3.8, 4) is 0 Å². The molecule has 0 atom stereocenters. The molecule has 5 N–H and O–H groups in total. The fourth-order valence-electron chi connectivity index (χ4n) is 8.40. The Morgan fingerprint density at radius 2 is 1.03 bits per heavy atom. The number of carbonyl (C=O) groups is 3. The molecule has 10 nitrogen and oxygen atoms in total. The predicted octanol–water partition coefficient (Wildman–Crippen LogP) is 13.5. The number of anilines is 4. The fourth-order valence-corrected chi connectivity index (χ4v) is 8.40. The van der Waals surface area contributed by atoms with Crippen molar-refractivity contribution in [2.45, 2.75) is 92.9 Å². The lowest BCUT2D eigenvalue weighted by Crippen LogP contribution is -2.38. The van der Waals surface area contributed by atoms with Crippen molar-refractivity contribution in [3.63, 3.8) is 0 Å². The van der Waals surface area contributed by atoms with Gasteiger partial charge in [-0.05, 0) is 89.1 Å². The number of benzene rings is 5. The van der Waals surface area contributed by atoms with E-state index in [1.165, 1.54) is 0 Å². The zero-order chi connectivity index (χ0) is 48.2. The first-order valence-electron chi connectivity index (χ1n) is 24.1. The first kappa shape index (κ1) is 48.5. The van der Waals surface area contributed by atoms with E-state index in [1.807, 2.05) is 52.0 Å². The number of aliphatic hydroxyl groups is 1. The number of ketones is 1. The topological polar surface area (TPSA) is 126 Å². The summed E-state index contributed by atoms with van der Waals surface area (Å²) in [6.07, 6.45) is 13.5. The third-order valence-electron chi connectivity index (χ3n) is 12.3. The number of carbonyl (C=O) groups excluding carboxylic acids is 3. The lowest BCUT2D eigenvalue weighted by Gasteiger charge is -2.29. The Hall–Kier alpha value is -7.46. The Balaban J connectivity index is 1.33. The highest BCUT2D eigenvalue weighted by atomic mass is 16.3. The number of aliphatic hydroxyl groups excluding tert-OH is 1. The molecular weight excluding hydrogens is 845 g/mol. The van der Waals surface area contributed by atoms with Gasteiger partial charge < -0.3 is 31.3 Å². The minimum absolute atomic E-state index is 0.0679. The summed E-state index contributed by atoms with van der Waals surface area (Å²) in [6, 6.07) is 37.5. The maximum atomic E-state index is 14.7. The molecule has 0 saturated heterocycles. The number of rotatable bonds is 18.